The van der Waals surface area contributed by atoms with E-state index in [1.165, 1.54) is 30.5 Å². The number of hydrogen-bond acceptors (Lipinski definition) is 4. The molecule has 0 aliphatic heterocycles. The molecule has 0 bridgehead atoms. The molecular formula is C12H10F2N4O. The van der Waals surface area contributed by atoms with Crippen molar-refractivity contribution in [1.29, 1.82) is 0 Å². The van der Waals surface area contributed by atoms with Crippen LogP contribution >= 0.6 is 0 Å². The van der Waals surface area contributed by atoms with Crippen molar-refractivity contribution in [2.45, 2.75) is 0 Å². The van der Waals surface area contributed by atoms with Crippen LogP contribution in [0.4, 0.5) is 20.3 Å². The Balaban J connectivity index is 2.18. The number of pyridine rings is 1. The number of anilines is 2. The molecule has 2 aromatic rings. The highest BCUT2D eigenvalue weighted by atomic mass is 19.2. The van der Waals surface area contributed by atoms with Crippen molar-refractivity contribution in [3.63, 3.8) is 0 Å². The molecule has 0 unspecified atom stereocenters. The molecule has 0 fully saturated rings. The number of nitrogen functional groups attached to an aromatic ring is 1. The van der Waals surface area contributed by atoms with E-state index < -0.39 is 17.5 Å². The fraction of sp³-hybridized carbons (Fsp3) is 0. The smallest absolute Gasteiger partial charge is 0.257 e. The zero-order chi connectivity index (χ0) is 13.8. The van der Waals surface area contributed by atoms with Gasteiger partial charge in [-0.05, 0) is 24.3 Å². The summed E-state index contributed by atoms with van der Waals surface area (Å²) >= 11 is 0. The molecule has 4 N–H and O–H groups in total. The Labute approximate surface area is 107 Å². The summed E-state index contributed by atoms with van der Waals surface area (Å²) in [6.07, 6.45) is 1.27. The van der Waals surface area contributed by atoms with Gasteiger partial charge in [0.15, 0.2) is 11.6 Å². The second-order valence-electron chi connectivity index (χ2n) is 3.63. The van der Waals surface area contributed by atoms with Crippen molar-refractivity contribution in [2.75, 3.05) is 10.7 Å². The van der Waals surface area contributed by atoms with Gasteiger partial charge in [0.1, 0.15) is 5.82 Å². The SMILES string of the molecule is NNc1ccc(C(=O)Nc2cccc(F)c2F)cn1. The molecule has 98 valence electrons. The molecule has 1 aromatic carbocycles. The molecule has 0 aliphatic rings. The third-order valence-electron chi connectivity index (χ3n) is 2.37. The van der Waals surface area contributed by atoms with Crippen LogP contribution in [0.1, 0.15) is 10.4 Å². The maximum atomic E-state index is 13.4. The van der Waals surface area contributed by atoms with Gasteiger partial charge in [0.25, 0.3) is 5.91 Å². The number of nitrogens with zero attached hydrogens (tertiary/aromatic N) is 1. The first-order chi connectivity index (χ1) is 9.11. The second kappa shape index (κ2) is 5.40. The van der Waals surface area contributed by atoms with Crippen molar-refractivity contribution >= 4 is 17.4 Å². The summed E-state index contributed by atoms with van der Waals surface area (Å²) in [4.78, 5) is 15.6. The molecule has 0 aliphatic carbocycles. The van der Waals surface area contributed by atoms with E-state index in [-0.39, 0.29) is 11.3 Å². The van der Waals surface area contributed by atoms with Gasteiger partial charge in [-0.2, -0.15) is 0 Å². The van der Waals surface area contributed by atoms with Crippen LogP contribution in [-0.2, 0) is 0 Å². The van der Waals surface area contributed by atoms with Gasteiger partial charge < -0.3 is 10.7 Å². The lowest BCUT2D eigenvalue weighted by atomic mass is 10.2. The van der Waals surface area contributed by atoms with Gasteiger partial charge in [0, 0.05) is 6.20 Å². The van der Waals surface area contributed by atoms with Gasteiger partial charge in [-0.3, -0.25) is 4.79 Å². The maximum Gasteiger partial charge on any atom is 0.257 e. The van der Waals surface area contributed by atoms with Crippen molar-refractivity contribution in [2.24, 2.45) is 5.84 Å². The summed E-state index contributed by atoms with van der Waals surface area (Å²) in [5, 5.41) is 2.26. The molecule has 0 atom stereocenters. The van der Waals surface area contributed by atoms with Crippen molar-refractivity contribution in [3.8, 4) is 0 Å². The van der Waals surface area contributed by atoms with E-state index in [2.05, 4.69) is 15.7 Å². The molecule has 5 nitrogen and oxygen atoms in total. The fourth-order valence-corrected chi connectivity index (χ4v) is 1.41. The van der Waals surface area contributed by atoms with E-state index in [9.17, 15) is 13.6 Å². The number of carbonyl (C=O) groups is 1. The van der Waals surface area contributed by atoms with Crippen LogP contribution in [-0.4, -0.2) is 10.9 Å². The Bertz CT molecular complexity index is 601. The van der Waals surface area contributed by atoms with Gasteiger partial charge in [-0.25, -0.2) is 19.6 Å². The molecule has 0 saturated heterocycles. The van der Waals surface area contributed by atoms with Crippen LogP contribution in [0.3, 0.4) is 0 Å². The number of hydrogen-bond donors (Lipinski definition) is 3. The van der Waals surface area contributed by atoms with Crippen molar-refractivity contribution in [3.05, 3.63) is 53.7 Å². The summed E-state index contributed by atoms with van der Waals surface area (Å²) in [7, 11) is 0. The van der Waals surface area contributed by atoms with Gasteiger partial charge in [0.2, 0.25) is 0 Å². The van der Waals surface area contributed by atoms with Gasteiger partial charge >= 0.3 is 0 Å². The predicted octanol–water partition coefficient (Wildman–Crippen LogP) is 1.90. The van der Waals surface area contributed by atoms with Gasteiger partial charge in [0.05, 0.1) is 11.3 Å². The summed E-state index contributed by atoms with van der Waals surface area (Å²) in [6.45, 7) is 0. The third kappa shape index (κ3) is 2.83. The van der Waals surface area contributed by atoms with Crippen LogP contribution in [0.2, 0.25) is 0 Å². The molecule has 2 rings (SSSR count). The highest BCUT2D eigenvalue weighted by Gasteiger charge is 2.12. The standard InChI is InChI=1S/C12H10F2N4O/c13-8-2-1-3-9(11(8)14)17-12(19)7-4-5-10(18-15)16-6-7/h1-6H,15H2,(H,16,18)(H,17,19). The molecule has 1 aromatic heterocycles. The Kier molecular flexibility index (Phi) is 3.67. The summed E-state index contributed by atoms with van der Waals surface area (Å²) in [6, 6.07) is 6.47. The van der Waals surface area contributed by atoms with Gasteiger partial charge in [-0.15, -0.1) is 0 Å². The number of carbonyl (C=O) groups excluding carboxylic acids is 1. The molecule has 1 heterocycles. The first kappa shape index (κ1) is 12.9. The second-order valence-corrected chi connectivity index (χ2v) is 3.63. The Morgan fingerprint density at radius 1 is 1.21 bits per heavy atom. The quantitative estimate of drug-likeness (QED) is 0.584. The van der Waals surface area contributed by atoms with Crippen LogP contribution in [0.5, 0.6) is 0 Å². The minimum atomic E-state index is -1.11. The van der Waals surface area contributed by atoms with Crippen LogP contribution in [0.25, 0.3) is 0 Å². The lowest BCUT2D eigenvalue weighted by Crippen LogP contribution is -2.14. The normalized spacial score (nSPS) is 10.1. The number of hydrazine groups is 1. The lowest BCUT2D eigenvalue weighted by molar-refractivity contribution is 0.102. The molecular weight excluding hydrogens is 254 g/mol. The number of nitrogens with one attached hydrogen (secondary N) is 2. The van der Waals surface area contributed by atoms with Crippen molar-refractivity contribution < 1.29 is 13.6 Å². The predicted molar refractivity (Wildman–Crippen MR) is 66.4 cm³/mol. The third-order valence-corrected chi connectivity index (χ3v) is 2.37. The zero-order valence-electron chi connectivity index (χ0n) is 9.65. The summed E-state index contributed by atoms with van der Waals surface area (Å²) < 4.78 is 26.3. The molecule has 7 heteroatoms. The monoisotopic (exact) mass is 264 g/mol. The largest absolute Gasteiger partial charge is 0.319 e. The highest BCUT2D eigenvalue weighted by Crippen LogP contribution is 2.17. The first-order valence-electron chi connectivity index (χ1n) is 5.30. The van der Waals surface area contributed by atoms with E-state index in [4.69, 9.17) is 5.84 Å². The number of aromatic nitrogens is 1. The summed E-state index contributed by atoms with van der Waals surface area (Å²) in [5.41, 5.74) is 2.27. The number of halogens is 2. The maximum absolute atomic E-state index is 13.4. The molecule has 19 heavy (non-hydrogen) atoms. The average molecular weight is 264 g/mol. The Morgan fingerprint density at radius 3 is 2.63 bits per heavy atom. The Hall–Kier alpha value is -2.54. The minimum Gasteiger partial charge on any atom is -0.319 e. The van der Waals surface area contributed by atoms with E-state index in [0.29, 0.717) is 5.82 Å². The van der Waals surface area contributed by atoms with E-state index in [0.717, 1.165) is 6.07 Å². The number of amides is 1. The average Bonchev–Trinajstić information content (AvgIpc) is 2.44. The topological polar surface area (TPSA) is 80.0 Å². The highest BCUT2D eigenvalue weighted by molar-refractivity contribution is 6.04. The lowest BCUT2D eigenvalue weighted by Gasteiger charge is -2.07. The Morgan fingerprint density at radius 2 is 2.00 bits per heavy atom. The van der Waals surface area contributed by atoms with E-state index in [1.54, 1.807) is 0 Å². The molecule has 0 radical (unpaired) electrons. The van der Waals surface area contributed by atoms with E-state index in [1.807, 2.05) is 0 Å². The molecule has 0 spiro atoms. The number of rotatable bonds is 3. The van der Waals surface area contributed by atoms with Gasteiger partial charge in [-0.1, -0.05) is 6.07 Å². The first-order valence-corrected chi connectivity index (χ1v) is 5.30. The molecule has 1 amide bonds. The number of benzene rings is 1. The number of nitrogens with two attached hydrogens (primary N) is 1. The van der Waals surface area contributed by atoms with Crippen LogP contribution in [0, 0.1) is 11.6 Å². The van der Waals surface area contributed by atoms with E-state index >= 15 is 0 Å². The minimum absolute atomic E-state index is 0.197. The fourth-order valence-electron chi connectivity index (χ4n) is 1.41. The zero-order valence-corrected chi connectivity index (χ0v) is 9.65. The summed E-state index contributed by atoms with van der Waals surface area (Å²) in [5.74, 6) is 2.78. The van der Waals surface area contributed by atoms with Crippen molar-refractivity contribution in [1.82, 2.24) is 4.98 Å². The van der Waals surface area contributed by atoms with Crippen LogP contribution < -0.4 is 16.6 Å². The van der Waals surface area contributed by atoms with Crippen LogP contribution in [0.15, 0.2) is 36.5 Å². The molecule has 0 saturated carbocycles.